The number of nitrogens with zero attached hydrogens (tertiary/aromatic N) is 2. The largest absolute Gasteiger partial charge is 0.503 e. The van der Waals surface area contributed by atoms with Crippen LogP contribution in [0.5, 0.6) is 17.2 Å². The highest BCUT2D eigenvalue weighted by Crippen LogP contribution is 2.45. The molecule has 9 nitrogen and oxygen atoms in total. The zero-order valence-corrected chi connectivity index (χ0v) is 21.7. The summed E-state index contributed by atoms with van der Waals surface area (Å²) in [5.74, 6) is -0.616. The Labute approximate surface area is 215 Å². The van der Waals surface area contributed by atoms with Gasteiger partial charge in [-0.2, -0.15) is 0 Å². The molecular formula is C28H32N2O7. The number of hydrogen-bond donors (Lipinski definition) is 1. The Kier molecular flexibility index (Phi) is 7.73. The maximum Gasteiger partial charge on any atom is 0.290 e. The van der Waals surface area contributed by atoms with E-state index in [9.17, 15) is 14.7 Å². The molecule has 0 unspecified atom stereocenters. The molecular weight excluding hydrogens is 476 g/mol. The van der Waals surface area contributed by atoms with Crippen molar-refractivity contribution in [2.24, 2.45) is 0 Å². The van der Waals surface area contributed by atoms with Crippen LogP contribution >= 0.6 is 0 Å². The van der Waals surface area contributed by atoms with Crippen LogP contribution in [0.2, 0.25) is 0 Å². The highest BCUT2D eigenvalue weighted by molar-refractivity contribution is 6.16. The summed E-state index contributed by atoms with van der Waals surface area (Å²) in [6, 6.07) is 11.3. The molecule has 2 aromatic carbocycles. The first-order valence-electron chi connectivity index (χ1n) is 12.2. The summed E-state index contributed by atoms with van der Waals surface area (Å²) >= 11 is 0. The Morgan fingerprint density at radius 3 is 2.24 bits per heavy atom. The molecule has 0 radical (unpaired) electrons. The summed E-state index contributed by atoms with van der Waals surface area (Å²) in [6.45, 7) is 6.55. The molecule has 1 atom stereocenters. The van der Waals surface area contributed by atoms with Crippen molar-refractivity contribution in [2.45, 2.75) is 19.9 Å². The fourth-order valence-corrected chi connectivity index (χ4v) is 4.74. The molecule has 1 aliphatic heterocycles. The first-order valence-corrected chi connectivity index (χ1v) is 12.2. The fraction of sp³-hybridized carbons (Fsp3) is 0.357. The van der Waals surface area contributed by atoms with E-state index in [1.54, 1.807) is 24.3 Å². The van der Waals surface area contributed by atoms with Gasteiger partial charge in [-0.15, -0.1) is 0 Å². The number of aliphatic hydroxyl groups is 1. The number of carbonyl (C=O) groups excluding carboxylic acids is 2. The van der Waals surface area contributed by atoms with E-state index in [4.69, 9.17) is 18.6 Å². The monoisotopic (exact) mass is 508 g/mol. The van der Waals surface area contributed by atoms with Crippen LogP contribution < -0.4 is 14.2 Å². The van der Waals surface area contributed by atoms with E-state index in [2.05, 4.69) is 4.90 Å². The molecule has 1 aromatic heterocycles. The summed E-state index contributed by atoms with van der Waals surface area (Å²) in [5.41, 5.74) is 1.02. The lowest BCUT2D eigenvalue weighted by Gasteiger charge is -2.30. The summed E-state index contributed by atoms with van der Waals surface area (Å²) in [5, 5.41) is 11.8. The Morgan fingerprint density at radius 1 is 1.03 bits per heavy atom. The van der Waals surface area contributed by atoms with Gasteiger partial charge in [-0.1, -0.05) is 32.0 Å². The highest BCUT2D eigenvalue weighted by Gasteiger charge is 2.45. The number of rotatable bonds is 11. The van der Waals surface area contributed by atoms with Crippen LogP contribution in [-0.2, 0) is 4.79 Å². The van der Waals surface area contributed by atoms with Crippen LogP contribution in [0.25, 0.3) is 11.0 Å². The van der Waals surface area contributed by atoms with Gasteiger partial charge >= 0.3 is 0 Å². The zero-order chi connectivity index (χ0) is 26.7. The van der Waals surface area contributed by atoms with Crippen LogP contribution in [0.15, 0.2) is 58.2 Å². The number of furan rings is 1. The topological polar surface area (TPSA) is 102 Å². The molecule has 0 spiro atoms. The summed E-state index contributed by atoms with van der Waals surface area (Å²) in [4.78, 5) is 30.8. The number of para-hydroxylation sites is 1. The third kappa shape index (κ3) is 4.74. The van der Waals surface area contributed by atoms with Crippen LogP contribution in [0, 0.1) is 0 Å². The minimum absolute atomic E-state index is 0.0404. The summed E-state index contributed by atoms with van der Waals surface area (Å²) in [7, 11) is 4.48. The van der Waals surface area contributed by atoms with E-state index < -0.39 is 23.5 Å². The van der Waals surface area contributed by atoms with Gasteiger partial charge in [-0.25, -0.2) is 0 Å². The van der Waals surface area contributed by atoms with Crippen molar-refractivity contribution in [3.05, 3.63) is 65.1 Å². The minimum atomic E-state index is -0.891. The van der Waals surface area contributed by atoms with Gasteiger partial charge in [-0.05, 0) is 42.9 Å². The van der Waals surface area contributed by atoms with E-state index in [0.717, 1.165) is 18.5 Å². The molecule has 0 fully saturated rings. The third-order valence-corrected chi connectivity index (χ3v) is 6.75. The van der Waals surface area contributed by atoms with Gasteiger partial charge in [0.25, 0.3) is 5.91 Å². The number of ether oxygens (including phenoxy) is 3. The van der Waals surface area contributed by atoms with Crippen molar-refractivity contribution in [3.63, 3.8) is 0 Å². The number of amides is 1. The lowest BCUT2D eigenvalue weighted by atomic mass is 9.94. The SMILES string of the molecule is CCN(CC)CCN1C(=O)C(O)=C(C(=O)c2cc3ccccc3o2)[C@@H]1c1cc(OC)c(OC)c(OC)c1. The molecule has 196 valence electrons. The predicted molar refractivity (Wildman–Crippen MR) is 139 cm³/mol. The number of fused-ring (bicyclic) bond motifs is 1. The molecule has 0 aliphatic carbocycles. The van der Waals surface area contributed by atoms with Crippen molar-refractivity contribution in [2.75, 3.05) is 47.5 Å². The van der Waals surface area contributed by atoms with E-state index in [1.807, 2.05) is 32.0 Å². The standard InChI is InChI=1S/C28H32N2O7/c1-6-29(7-2)12-13-30-24(18-15-21(34-3)27(36-5)22(16-18)35-4)23(26(32)28(30)33)25(31)20-14-17-10-8-9-11-19(17)37-20/h8-11,14-16,24,32H,6-7,12-13H2,1-5H3/t24-/m0/s1. The van der Waals surface area contributed by atoms with Gasteiger partial charge in [0.05, 0.1) is 32.9 Å². The van der Waals surface area contributed by atoms with Crippen molar-refractivity contribution < 1.29 is 33.3 Å². The van der Waals surface area contributed by atoms with E-state index in [1.165, 1.54) is 26.2 Å². The van der Waals surface area contributed by atoms with Gasteiger partial charge in [0, 0.05) is 18.5 Å². The second kappa shape index (κ2) is 11.0. The van der Waals surface area contributed by atoms with Crippen molar-refractivity contribution in [1.82, 2.24) is 9.80 Å². The highest BCUT2D eigenvalue weighted by atomic mass is 16.5. The van der Waals surface area contributed by atoms with Crippen LogP contribution in [0.4, 0.5) is 0 Å². The Bertz CT molecular complexity index is 1280. The summed E-state index contributed by atoms with van der Waals surface area (Å²) < 4.78 is 22.3. The second-order valence-corrected chi connectivity index (χ2v) is 8.63. The second-order valence-electron chi connectivity index (χ2n) is 8.63. The van der Waals surface area contributed by atoms with E-state index in [0.29, 0.717) is 41.5 Å². The van der Waals surface area contributed by atoms with Crippen molar-refractivity contribution in [3.8, 4) is 17.2 Å². The number of methoxy groups -OCH3 is 3. The molecule has 37 heavy (non-hydrogen) atoms. The average molecular weight is 509 g/mol. The first-order chi connectivity index (χ1) is 17.9. The van der Waals surface area contributed by atoms with E-state index in [-0.39, 0.29) is 11.3 Å². The van der Waals surface area contributed by atoms with Gasteiger partial charge in [-0.3, -0.25) is 9.59 Å². The molecule has 1 amide bonds. The molecule has 1 N–H and O–H groups in total. The fourth-order valence-electron chi connectivity index (χ4n) is 4.74. The molecule has 0 bridgehead atoms. The zero-order valence-electron chi connectivity index (χ0n) is 21.7. The summed E-state index contributed by atoms with van der Waals surface area (Å²) in [6.07, 6.45) is 0. The van der Waals surface area contributed by atoms with Crippen molar-refractivity contribution >= 4 is 22.7 Å². The van der Waals surface area contributed by atoms with Crippen LogP contribution in [0.3, 0.4) is 0 Å². The van der Waals surface area contributed by atoms with Crippen LogP contribution in [0.1, 0.15) is 36.0 Å². The number of Topliss-reactive ketones (excluding diaryl/α,β-unsaturated/α-hetero) is 1. The third-order valence-electron chi connectivity index (χ3n) is 6.75. The number of hydrogen-bond acceptors (Lipinski definition) is 8. The lowest BCUT2D eigenvalue weighted by molar-refractivity contribution is -0.129. The quantitative estimate of drug-likeness (QED) is 0.381. The number of aliphatic hydroxyl groups excluding tert-OH is 1. The Balaban J connectivity index is 1.84. The van der Waals surface area contributed by atoms with Gasteiger partial charge in [0.1, 0.15) is 5.58 Å². The normalized spacial score (nSPS) is 15.7. The molecule has 9 heteroatoms. The Morgan fingerprint density at radius 2 is 1.68 bits per heavy atom. The molecule has 1 aliphatic rings. The lowest BCUT2D eigenvalue weighted by Crippen LogP contribution is -2.38. The smallest absolute Gasteiger partial charge is 0.290 e. The van der Waals surface area contributed by atoms with Gasteiger partial charge in [0.15, 0.2) is 23.0 Å². The molecule has 3 aromatic rings. The molecule has 0 saturated heterocycles. The predicted octanol–water partition coefficient (Wildman–Crippen LogP) is 4.38. The van der Waals surface area contributed by atoms with Crippen molar-refractivity contribution in [1.29, 1.82) is 0 Å². The number of likely N-dealkylation sites (N-methyl/N-ethyl adjacent to an activating group) is 1. The van der Waals surface area contributed by atoms with Gasteiger partial charge in [0.2, 0.25) is 11.5 Å². The molecule has 0 saturated carbocycles. The number of ketones is 1. The maximum atomic E-state index is 13.8. The molecule has 2 heterocycles. The molecule has 4 rings (SSSR count). The van der Waals surface area contributed by atoms with E-state index >= 15 is 0 Å². The number of carbonyl (C=O) groups is 2. The van der Waals surface area contributed by atoms with Gasteiger partial charge < -0.3 is 33.5 Å². The Hall–Kier alpha value is -3.98. The first kappa shape index (κ1) is 26.1. The minimum Gasteiger partial charge on any atom is -0.503 e. The maximum absolute atomic E-state index is 13.8. The van der Waals surface area contributed by atoms with Crippen LogP contribution in [-0.4, -0.2) is 74.1 Å². The number of benzene rings is 2. The average Bonchev–Trinajstić information content (AvgIpc) is 3.47.